The van der Waals surface area contributed by atoms with Crippen molar-refractivity contribution in [1.82, 2.24) is 0 Å². The lowest BCUT2D eigenvalue weighted by atomic mass is 10.1. The fraction of sp³-hybridized carbons (Fsp3) is 0.333. The van der Waals surface area contributed by atoms with Crippen LogP contribution in [-0.2, 0) is 20.2 Å². The number of hydrogen-bond donors (Lipinski definition) is 3. The average Bonchev–Trinajstić information content (AvgIpc) is 2.23. The van der Waals surface area contributed by atoms with Gasteiger partial charge in [-0.05, 0) is 5.56 Å². The SMILES string of the molecule is O=S(=O)(O)[C@@H](O)C[C@@H](c1ccccc1)S(=O)(=O)O. The summed E-state index contributed by atoms with van der Waals surface area (Å²) >= 11 is 0. The predicted molar refractivity (Wildman–Crippen MR) is 62.9 cm³/mol. The molecule has 18 heavy (non-hydrogen) atoms. The molecule has 9 heteroatoms. The van der Waals surface area contributed by atoms with E-state index in [2.05, 4.69) is 0 Å². The molecule has 0 spiro atoms. The van der Waals surface area contributed by atoms with Gasteiger partial charge in [0.2, 0.25) is 0 Å². The van der Waals surface area contributed by atoms with Crippen LogP contribution in [-0.4, -0.2) is 36.5 Å². The van der Waals surface area contributed by atoms with Crippen molar-refractivity contribution in [3.8, 4) is 0 Å². The molecule has 2 atom stereocenters. The van der Waals surface area contributed by atoms with E-state index in [-0.39, 0.29) is 5.56 Å². The van der Waals surface area contributed by atoms with Crippen LogP contribution in [0.25, 0.3) is 0 Å². The number of aliphatic hydroxyl groups excluding tert-OH is 1. The van der Waals surface area contributed by atoms with Gasteiger partial charge in [-0.2, -0.15) is 16.8 Å². The minimum atomic E-state index is -4.79. The van der Waals surface area contributed by atoms with Crippen molar-refractivity contribution in [2.75, 3.05) is 0 Å². The molecule has 0 aliphatic carbocycles. The second-order valence-electron chi connectivity index (χ2n) is 3.62. The zero-order chi connectivity index (χ0) is 14.0. The van der Waals surface area contributed by atoms with E-state index in [0.717, 1.165) is 0 Å². The standard InChI is InChI=1S/C9H12O7S2/c10-9(18(14,15)16)6-8(17(11,12)13)7-4-2-1-3-5-7/h1-5,8-10H,6H2,(H,11,12,13)(H,14,15,16)/t8-,9+/m0/s1. The van der Waals surface area contributed by atoms with E-state index in [1.165, 1.54) is 24.3 Å². The lowest BCUT2D eigenvalue weighted by Crippen LogP contribution is -2.25. The van der Waals surface area contributed by atoms with Crippen LogP contribution >= 0.6 is 0 Å². The summed E-state index contributed by atoms with van der Waals surface area (Å²) in [5, 5.41) is 7.54. The minimum Gasteiger partial charge on any atom is -0.375 e. The molecule has 0 unspecified atom stereocenters. The van der Waals surface area contributed by atoms with E-state index in [1.54, 1.807) is 6.07 Å². The van der Waals surface area contributed by atoms with Crippen LogP contribution in [0.5, 0.6) is 0 Å². The van der Waals surface area contributed by atoms with Gasteiger partial charge in [-0.15, -0.1) is 0 Å². The van der Waals surface area contributed by atoms with E-state index in [1.807, 2.05) is 0 Å². The minimum absolute atomic E-state index is 0.114. The van der Waals surface area contributed by atoms with Crippen molar-refractivity contribution >= 4 is 20.2 Å². The summed E-state index contributed by atoms with van der Waals surface area (Å²) in [4.78, 5) is 0. The molecule has 0 amide bonds. The fourth-order valence-corrected chi connectivity index (χ4v) is 2.89. The molecule has 0 saturated heterocycles. The average molecular weight is 296 g/mol. The highest BCUT2D eigenvalue weighted by Crippen LogP contribution is 2.27. The summed E-state index contributed by atoms with van der Waals surface area (Å²) in [6.07, 6.45) is -0.859. The first kappa shape index (κ1) is 15.1. The van der Waals surface area contributed by atoms with E-state index in [4.69, 9.17) is 14.2 Å². The number of benzene rings is 1. The third-order valence-corrected chi connectivity index (χ3v) is 4.35. The summed E-state index contributed by atoms with van der Waals surface area (Å²) in [5.41, 5.74) is -2.17. The van der Waals surface area contributed by atoms with E-state index in [0.29, 0.717) is 0 Å². The van der Waals surface area contributed by atoms with Gasteiger partial charge in [-0.3, -0.25) is 9.11 Å². The zero-order valence-corrected chi connectivity index (χ0v) is 10.7. The molecular weight excluding hydrogens is 284 g/mol. The van der Waals surface area contributed by atoms with Gasteiger partial charge in [0, 0.05) is 6.42 Å². The van der Waals surface area contributed by atoms with Crippen LogP contribution in [0.1, 0.15) is 17.2 Å². The van der Waals surface area contributed by atoms with Gasteiger partial charge in [0.25, 0.3) is 20.2 Å². The number of rotatable bonds is 5. The van der Waals surface area contributed by atoms with Gasteiger partial charge in [0.15, 0.2) is 5.44 Å². The van der Waals surface area contributed by atoms with Crippen molar-refractivity contribution in [3.63, 3.8) is 0 Å². The van der Waals surface area contributed by atoms with Gasteiger partial charge in [0.1, 0.15) is 5.25 Å². The second kappa shape index (κ2) is 5.33. The van der Waals surface area contributed by atoms with E-state index < -0.39 is 37.3 Å². The molecule has 0 saturated carbocycles. The monoisotopic (exact) mass is 296 g/mol. The summed E-state index contributed by atoms with van der Waals surface area (Å²) in [7, 11) is -9.40. The third kappa shape index (κ3) is 4.03. The molecule has 0 radical (unpaired) electrons. The maximum absolute atomic E-state index is 11.2. The normalized spacial score (nSPS) is 16.2. The quantitative estimate of drug-likeness (QED) is 0.662. The fourth-order valence-electron chi connectivity index (χ4n) is 1.40. The van der Waals surface area contributed by atoms with Gasteiger partial charge in [0.05, 0.1) is 0 Å². The Morgan fingerprint density at radius 1 is 0.944 bits per heavy atom. The van der Waals surface area contributed by atoms with Crippen LogP contribution in [0.15, 0.2) is 30.3 Å². The van der Waals surface area contributed by atoms with Crippen LogP contribution < -0.4 is 0 Å². The molecule has 0 aromatic heterocycles. The Labute approximate surface area is 105 Å². The third-order valence-electron chi connectivity index (χ3n) is 2.29. The van der Waals surface area contributed by atoms with Crippen LogP contribution in [0.3, 0.4) is 0 Å². The topological polar surface area (TPSA) is 129 Å². The van der Waals surface area contributed by atoms with E-state index >= 15 is 0 Å². The van der Waals surface area contributed by atoms with Gasteiger partial charge < -0.3 is 5.11 Å². The first-order valence-corrected chi connectivity index (χ1v) is 7.78. The van der Waals surface area contributed by atoms with E-state index in [9.17, 15) is 16.8 Å². The zero-order valence-electron chi connectivity index (χ0n) is 9.04. The molecule has 102 valence electrons. The Kier molecular flexibility index (Phi) is 4.46. The van der Waals surface area contributed by atoms with Crippen molar-refractivity contribution in [2.24, 2.45) is 0 Å². The number of aliphatic hydroxyl groups is 1. The molecule has 1 aromatic carbocycles. The van der Waals surface area contributed by atoms with Crippen LogP contribution in [0, 0.1) is 0 Å². The molecule has 0 bridgehead atoms. The smallest absolute Gasteiger partial charge is 0.292 e. The van der Waals surface area contributed by atoms with Crippen molar-refractivity contribution < 1.29 is 31.0 Å². The highest BCUT2D eigenvalue weighted by molar-refractivity contribution is 7.87. The summed E-state index contributed by atoms with van der Waals surface area (Å²) < 4.78 is 61.3. The molecule has 0 fully saturated rings. The Morgan fingerprint density at radius 2 is 1.44 bits per heavy atom. The summed E-state index contributed by atoms with van der Waals surface area (Å²) in [6.45, 7) is 0. The maximum Gasteiger partial charge on any atom is 0.292 e. The van der Waals surface area contributed by atoms with Gasteiger partial charge >= 0.3 is 0 Å². The number of hydrogen-bond acceptors (Lipinski definition) is 5. The first-order chi connectivity index (χ1) is 8.12. The van der Waals surface area contributed by atoms with Crippen molar-refractivity contribution in [1.29, 1.82) is 0 Å². The molecule has 1 aromatic rings. The second-order valence-corrected chi connectivity index (χ2v) is 6.79. The largest absolute Gasteiger partial charge is 0.375 e. The lowest BCUT2D eigenvalue weighted by Gasteiger charge is -2.16. The summed E-state index contributed by atoms with van der Waals surface area (Å²) in [5.74, 6) is 0. The highest BCUT2D eigenvalue weighted by Gasteiger charge is 2.32. The summed E-state index contributed by atoms with van der Waals surface area (Å²) in [6, 6.07) is 7.30. The van der Waals surface area contributed by atoms with Gasteiger partial charge in [-0.1, -0.05) is 30.3 Å². The molecule has 0 heterocycles. The van der Waals surface area contributed by atoms with Crippen molar-refractivity contribution in [2.45, 2.75) is 17.1 Å². The Morgan fingerprint density at radius 3 is 1.83 bits per heavy atom. The molecule has 0 aliphatic heterocycles. The Bertz CT molecular complexity index is 591. The highest BCUT2D eigenvalue weighted by atomic mass is 32.2. The molecule has 0 aliphatic rings. The molecular formula is C9H12O7S2. The lowest BCUT2D eigenvalue weighted by molar-refractivity contribution is 0.220. The molecule has 3 N–H and O–H groups in total. The van der Waals surface area contributed by atoms with Crippen LogP contribution in [0.2, 0.25) is 0 Å². The Balaban J connectivity index is 3.11. The van der Waals surface area contributed by atoms with Gasteiger partial charge in [-0.25, -0.2) is 0 Å². The maximum atomic E-state index is 11.2. The molecule has 1 rings (SSSR count). The molecule has 7 nitrogen and oxygen atoms in total. The Hall–Kier alpha value is -1.00. The van der Waals surface area contributed by atoms with Crippen molar-refractivity contribution in [3.05, 3.63) is 35.9 Å². The first-order valence-electron chi connectivity index (χ1n) is 4.78. The van der Waals surface area contributed by atoms with Crippen LogP contribution in [0.4, 0.5) is 0 Å². The predicted octanol–water partition coefficient (Wildman–Crippen LogP) is 0.212.